The fraction of sp³-hybridized carbons (Fsp3) is 0.833. The zero-order chi connectivity index (χ0) is 7.78. The zero-order valence-corrected chi connectivity index (χ0v) is 5.73. The van der Waals surface area contributed by atoms with Gasteiger partial charge in [-0.1, -0.05) is 0 Å². The normalized spacial score (nSPS) is 38.8. The Labute approximate surface area is 59.1 Å². The molecule has 0 aromatic carbocycles. The van der Waals surface area contributed by atoms with Crippen LogP contribution in [0.25, 0.3) is 0 Å². The number of hydrogen-bond acceptors (Lipinski definition) is 2. The van der Waals surface area contributed by atoms with Gasteiger partial charge in [-0.15, -0.1) is 0 Å². The lowest BCUT2D eigenvalue weighted by Gasteiger charge is -2.42. The number of alkyl halides is 1. The summed E-state index contributed by atoms with van der Waals surface area (Å²) < 4.78 is 11.9. The van der Waals surface area contributed by atoms with Gasteiger partial charge in [-0.3, -0.25) is 9.80 Å². The fourth-order valence-electron chi connectivity index (χ4n) is 1.30. The highest BCUT2D eigenvalue weighted by atomic mass is 19.1. The average molecular weight is 145 g/mol. The molecule has 5 N–H and O–H groups in total. The molecule has 0 saturated heterocycles. The molecule has 0 radical (unpaired) electrons. The van der Waals surface area contributed by atoms with Crippen LogP contribution < -0.4 is 11.5 Å². The molecule has 0 aliphatic heterocycles. The fourth-order valence-corrected chi connectivity index (χ4v) is 1.30. The third-order valence-electron chi connectivity index (χ3n) is 2.06. The Bertz CT molecular complexity index is 151. The summed E-state index contributed by atoms with van der Waals surface area (Å²) in [4.78, 5) is 0. The quantitative estimate of drug-likeness (QED) is 0.378. The van der Waals surface area contributed by atoms with E-state index in [1.165, 1.54) is 0 Å². The number of nitrogens with one attached hydrogen (secondary N) is 1. The van der Waals surface area contributed by atoms with Gasteiger partial charge in [0.1, 0.15) is 5.84 Å². The smallest absolute Gasteiger partial charge is 0.111 e. The van der Waals surface area contributed by atoms with Crippen LogP contribution in [0.3, 0.4) is 0 Å². The van der Waals surface area contributed by atoms with E-state index in [1.807, 2.05) is 0 Å². The van der Waals surface area contributed by atoms with Crippen molar-refractivity contribution in [3.05, 3.63) is 0 Å². The molecule has 4 heteroatoms. The first-order valence-corrected chi connectivity index (χ1v) is 3.28. The van der Waals surface area contributed by atoms with Gasteiger partial charge in [-0.2, -0.15) is 0 Å². The highest BCUT2D eigenvalue weighted by molar-refractivity contribution is 5.88. The molecule has 0 heterocycles. The molecule has 1 saturated carbocycles. The first kappa shape index (κ1) is 7.47. The van der Waals surface area contributed by atoms with Crippen LogP contribution in [0.15, 0.2) is 0 Å². The van der Waals surface area contributed by atoms with E-state index in [1.54, 1.807) is 0 Å². The van der Waals surface area contributed by atoms with Crippen LogP contribution in [0.4, 0.5) is 4.39 Å². The summed E-state index contributed by atoms with van der Waals surface area (Å²) in [6.45, 7) is -0.341. The van der Waals surface area contributed by atoms with Crippen molar-refractivity contribution in [2.45, 2.75) is 18.4 Å². The Balaban J connectivity index is 2.42. The third-order valence-corrected chi connectivity index (χ3v) is 2.06. The Morgan fingerprint density at radius 3 is 2.50 bits per heavy atom. The van der Waals surface area contributed by atoms with Crippen molar-refractivity contribution in [1.29, 1.82) is 5.41 Å². The summed E-state index contributed by atoms with van der Waals surface area (Å²) in [6.07, 6.45) is 1.05. The number of hydrogen-bond donors (Lipinski definition) is 3. The molecule has 0 amide bonds. The summed E-state index contributed by atoms with van der Waals surface area (Å²) in [5.74, 6) is 0.0195. The van der Waals surface area contributed by atoms with Crippen LogP contribution in [0, 0.1) is 11.3 Å². The van der Waals surface area contributed by atoms with Crippen LogP contribution in [0.1, 0.15) is 12.8 Å². The average Bonchev–Trinajstić information content (AvgIpc) is 1.80. The van der Waals surface area contributed by atoms with Crippen molar-refractivity contribution in [3.63, 3.8) is 0 Å². The monoisotopic (exact) mass is 145 g/mol. The van der Waals surface area contributed by atoms with Crippen LogP contribution in [-0.2, 0) is 0 Å². The Hall–Kier alpha value is -0.640. The summed E-state index contributed by atoms with van der Waals surface area (Å²) in [5.41, 5.74) is 10.1. The molecule has 0 aromatic heterocycles. The maximum atomic E-state index is 11.9. The second-order valence-electron chi connectivity index (χ2n) is 3.00. The maximum Gasteiger partial charge on any atom is 0.111 e. The Kier molecular flexibility index (Phi) is 1.64. The molecule has 58 valence electrons. The molecule has 0 bridgehead atoms. The number of rotatable bonds is 2. The van der Waals surface area contributed by atoms with E-state index < -0.39 is 5.54 Å². The largest absolute Gasteiger partial charge is 0.386 e. The van der Waals surface area contributed by atoms with Crippen molar-refractivity contribution in [3.8, 4) is 0 Å². The molecule has 3 nitrogen and oxygen atoms in total. The van der Waals surface area contributed by atoms with E-state index in [0.29, 0.717) is 12.8 Å². The molecule has 0 atom stereocenters. The maximum absolute atomic E-state index is 11.9. The summed E-state index contributed by atoms with van der Waals surface area (Å²) in [6, 6.07) is 0. The van der Waals surface area contributed by atoms with E-state index in [0.717, 1.165) is 0 Å². The summed E-state index contributed by atoms with van der Waals surface area (Å²) in [7, 11) is 0. The summed E-state index contributed by atoms with van der Waals surface area (Å²) in [5, 5.41) is 7.04. The van der Waals surface area contributed by atoms with E-state index in [9.17, 15) is 4.39 Å². The molecule has 1 fully saturated rings. The van der Waals surface area contributed by atoms with Crippen molar-refractivity contribution in [2.24, 2.45) is 17.4 Å². The van der Waals surface area contributed by atoms with E-state index >= 15 is 0 Å². The highest BCUT2D eigenvalue weighted by Gasteiger charge is 2.43. The second-order valence-corrected chi connectivity index (χ2v) is 3.00. The van der Waals surface area contributed by atoms with Crippen LogP contribution in [0.2, 0.25) is 0 Å². The number of nitrogens with two attached hydrogens (primary N) is 2. The molecule has 10 heavy (non-hydrogen) atoms. The first-order valence-electron chi connectivity index (χ1n) is 3.28. The predicted molar refractivity (Wildman–Crippen MR) is 37.5 cm³/mol. The Morgan fingerprint density at radius 2 is 2.20 bits per heavy atom. The van der Waals surface area contributed by atoms with Crippen molar-refractivity contribution < 1.29 is 4.39 Å². The lowest BCUT2D eigenvalue weighted by Crippen LogP contribution is -2.60. The van der Waals surface area contributed by atoms with Gasteiger partial charge in [0.2, 0.25) is 0 Å². The Morgan fingerprint density at radius 1 is 1.70 bits per heavy atom. The number of amidine groups is 1. The van der Waals surface area contributed by atoms with Gasteiger partial charge in [0.15, 0.2) is 0 Å². The van der Waals surface area contributed by atoms with E-state index in [4.69, 9.17) is 16.9 Å². The van der Waals surface area contributed by atoms with Gasteiger partial charge in [0.25, 0.3) is 0 Å². The lowest BCUT2D eigenvalue weighted by atomic mass is 9.69. The van der Waals surface area contributed by atoms with Gasteiger partial charge in [-0.05, 0) is 18.8 Å². The SMILES string of the molecule is N=C(N)C1(N)CC(CF)C1. The lowest BCUT2D eigenvalue weighted by molar-refractivity contribution is 0.170. The molecule has 1 aliphatic rings. The van der Waals surface area contributed by atoms with E-state index in [2.05, 4.69) is 0 Å². The minimum atomic E-state index is -0.684. The molecule has 0 unspecified atom stereocenters. The standard InChI is InChI=1S/C6H12FN3/c7-3-4-1-6(10,2-4)5(8)9/h4H,1-3,10H2,(H3,8,9). The van der Waals surface area contributed by atoms with Gasteiger partial charge in [0.05, 0.1) is 12.2 Å². The third kappa shape index (κ3) is 0.988. The van der Waals surface area contributed by atoms with Crippen molar-refractivity contribution in [1.82, 2.24) is 0 Å². The van der Waals surface area contributed by atoms with Gasteiger partial charge in [0, 0.05) is 0 Å². The minimum absolute atomic E-state index is 0.0165. The predicted octanol–water partition coefficient (Wildman–Crippen LogP) is -0.000630. The second kappa shape index (κ2) is 2.20. The minimum Gasteiger partial charge on any atom is -0.386 e. The van der Waals surface area contributed by atoms with Crippen LogP contribution in [0.5, 0.6) is 0 Å². The van der Waals surface area contributed by atoms with Crippen LogP contribution >= 0.6 is 0 Å². The van der Waals surface area contributed by atoms with Crippen LogP contribution in [-0.4, -0.2) is 18.0 Å². The molecule has 0 aromatic rings. The highest BCUT2D eigenvalue weighted by Crippen LogP contribution is 2.35. The van der Waals surface area contributed by atoms with Crippen molar-refractivity contribution in [2.75, 3.05) is 6.67 Å². The van der Waals surface area contributed by atoms with Crippen molar-refractivity contribution >= 4 is 5.84 Å². The topological polar surface area (TPSA) is 75.9 Å². The first-order chi connectivity index (χ1) is 4.58. The molecule has 1 rings (SSSR count). The molecule has 1 aliphatic carbocycles. The number of halogens is 1. The van der Waals surface area contributed by atoms with Gasteiger partial charge < -0.3 is 11.5 Å². The molecule has 0 spiro atoms. The van der Waals surface area contributed by atoms with Gasteiger partial charge >= 0.3 is 0 Å². The molecular weight excluding hydrogens is 133 g/mol. The van der Waals surface area contributed by atoms with E-state index in [-0.39, 0.29) is 18.4 Å². The van der Waals surface area contributed by atoms with Gasteiger partial charge in [-0.25, -0.2) is 0 Å². The zero-order valence-electron chi connectivity index (χ0n) is 5.73. The summed E-state index contributed by atoms with van der Waals surface area (Å²) >= 11 is 0. The molecular formula is C6H12FN3.